The lowest BCUT2D eigenvalue weighted by Gasteiger charge is -2.10. The number of imidazole rings is 2. The van der Waals surface area contributed by atoms with E-state index in [1.54, 1.807) is 0 Å². The Kier molecular flexibility index (Phi) is 5.42. The molecule has 0 unspecified atom stereocenters. The van der Waals surface area contributed by atoms with Gasteiger partial charge < -0.3 is 15.5 Å². The molecule has 1 saturated heterocycles. The third-order valence-electron chi connectivity index (χ3n) is 8.43. The van der Waals surface area contributed by atoms with Gasteiger partial charge in [0.25, 0.3) is 0 Å². The van der Waals surface area contributed by atoms with E-state index in [4.69, 9.17) is 4.98 Å². The van der Waals surface area contributed by atoms with Crippen molar-refractivity contribution in [3.8, 4) is 33.6 Å². The molecule has 7 rings (SSSR count). The van der Waals surface area contributed by atoms with Gasteiger partial charge in [-0.05, 0) is 73.7 Å². The maximum Gasteiger partial charge on any atom is 0.162 e. The highest BCUT2D eigenvalue weighted by atomic mass is 16.5. The molecule has 0 amide bonds. The summed E-state index contributed by atoms with van der Waals surface area (Å²) < 4.78 is 1.37. The van der Waals surface area contributed by atoms with Gasteiger partial charge in [0.15, 0.2) is 5.82 Å². The summed E-state index contributed by atoms with van der Waals surface area (Å²) in [5.74, 6) is 2.51. The van der Waals surface area contributed by atoms with E-state index in [9.17, 15) is 5.21 Å². The van der Waals surface area contributed by atoms with Crippen LogP contribution in [0.25, 0.3) is 33.6 Å². The molecule has 1 atom stereocenters. The van der Waals surface area contributed by atoms with Crippen molar-refractivity contribution in [2.75, 3.05) is 6.54 Å². The summed E-state index contributed by atoms with van der Waals surface area (Å²) in [5.41, 5.74) is 9.09. The molecule has 1 saturated carbocycles. The van der Waals surface area contributed by atoms with Gasteiger partial charge >= 0.3 is 0 Å². The first-order valence-electron chi connectivity index (χ1n) is 13.6. The van der Waals surface area contributed by atoms with Gasteiger partial charge in [-0.25, -0.2) is 9.97 Å². The van der Waals surface area contributed by atoms with Crippen LogP contribution in [0.4, 0.5) is 0 Å². The lowest BCUT2D eigenvalue weighted by atomic mass is 9.95. The molecule has 184 valence electrons. The molecule has 0 spiro atoms. The SMILES string of the molecule is On1c([C@@H]2CCCN2)nc2c1CCCc1cc(-c3ccc(-c4cnc(C5CCCC5)[nH]4)cc3)ccc1-2. The van der Waals surface area contributed by atoms with Crippen LogP contribution in [0.1, 0.15) is 79.8 Å². The number of nitrogens with zero attached hydrogens (tertiary/aromatic N) is 3. The predicted molar refractivity (Wildman–Crippen MR) is 141 cm³/mol. The maximum absolute atomic E-state index is 10.9. The average Bonchev–Trinajstić information content (AvgIpc) is 3.71. The van der Waals surface area contributed by atoms with Crippen LogP contribution in [0.3, 0.4) is 0 Å². The number of fused-ring (bicyclic) bond motifs is 3. The van der Waals surface area contributed by atoms with Crippen LogP contribution >= 0.6 is 0 Å². The lowest BCUT2D eigenvalue weighted by Crippen LogP contribution is -2.18. The third kappa shape index (κ3) is 3.75. The highest BCUT2D eigenvalue weighted by Gasteiger charge is 2.28. The molecule has 1 aliphatic heterocycles. The van der Waals surface area contributed by atoms with Crippen molar-refractivity contribution in [2.24, 2.45) is 0 Å². The van der Waals surface area contributed by atoms with Gasteiger partial charge in [0, 0.05) is 11.5 Å². The molecule has 6 nitrogen and oxygen atoms in total. The van der Waals surface area contributed by atoms with Crippen LogP contribution in [0.15, 0.2) is 48.7 Å². The van der Waals surface area contributed by atoms with Crippen molar-refractivity contribution in [3.63, 3.8) is 0 Å². The minimum Gasteiger partial charge on any atom is -0.427 e. The van der Waals surface area contributed by atoms with Crippen LogP contribution in [0.5, 0.6) is 0 Å². The monoisotopic (exact) mass is 479 g/mol. The maximum atomic E-state index is 10.9. The number of aromatic amines is 1. The molecule has 2 fully saturated rings. The first-order chi connectivity index (χ1) is 17.7. The molecule has 2 aromatic carbocycles. The molecule has 0 radical (unpaired) electrons. The van der Waals surface area contributed by atoms with E-state index in [1.165, 1.54) is 52.7 Å². The first kappa shape index (κ1) is 21.9. The Hall–Kier alpha value is -3.38. The fourth-order valence-corrected chi connectivity index (χ4v) is 6.43. The molecule has 3 heterocycles. The normalized spacial score (nSPS) is 19.8. The Morgan fingerprint density at radius 1 is 0.861 bits per heavy atom. The Morgan fingerprint density at radius 2 is 1.67 bits per heavy atom. The fourth-order valence-electron chi connectivity index (χ4n) is 6.43. The number of nitrogens with one attached hydrogen (secondary N) is 2. The van der Waals surface area contributed by atoms with Crippen molar-refractivity contribution in [3.05, 3.63) is 71.6 Å². The zero-order valence-corrected chi connectivity index (χ0v) is 20.6. The van der Waals surface area contributed by atoms with E-state index >= 15 is 0 Å². The van der Waals surface area contributed by atoms with Crippen LogP contribution in [0.2, 0.25) is 0 Å². The van der Waals surface area contributed by atoms with Gasteiger partial charge in [-0.15, -0.1) is 0 Å². The van der Waals surface area contributed by atoms with E-state index in [2.05, 4.69) is 57.7 Å². The van der Waals surface area contributed by atoms with Gasteiger partial charge in [-0.2, -0.15) is 4.73 Å². The van der Waals surface area contributed by atoms with Crippen LogP contribution < -0.4 is 5.32 Å². The fraction of sp³-hybridized carbons (Fsp3) is 0.400. The van der Waals surface area contributed by atoms with Crippen molar-refractivity contribution in [1.82, 2.24) is 25.0 Å². The third-order valence-corrected chi connectivity index (χ3v) is 8.43. The second-order valence-electron chi connectivity index (χ2n) is 10.7. The Balaban J connectivity index is 1.17. The van der Waals surface area contributed by atoms with Crippen molar-refractivity contribution >= 4 is 0 Å². The second kappa shape index (κ2) is 8.93. The molecule has 6 heteroatoms. The zero-order chi connectivity index (χ0) is 24.1. The summed E-state index contributed by atoms with van der Waals surface area (Å²) >= 11 is 0. The van der Waals surface area contributed by atoms with Crippen molar-refractivity contribution < 1.29 is 5.21 Å². The molecule has 3 aliphatic rings. The van der Waals surface area contributed by atoms with Crippen LogP contribution in [-0.4, -0.2) is 31.4 Å². The number of aromatic nitrogens is 4. The summed E-state index contributed by atoms with van der Waals surface area (Å²) in [7, 11) is 0. The zero-order valence-electron chi connectivity index (χ0n) is 20.6. The number of rotatable bonds is 4. The molecule has 2 aliphatic carbocycles. The topological polar surface area (TPSA) is 78.8 Å². The highest BCUT2D eigenvalue weighted by molar-refractivity contribution is 5.75. The van der Waals surface area contributed by atoms with Gasteiger partial charge in [0.2, 0.25) is 0 Å². The highest BCUT2D eigenvalue weighted by Crippen LogP contribution is 2.37. The Labute approximate surface area is 211 Å². The van der Waals surface area contributed by atoms with E-state index < -0.39 is 0 Å². The molecule has 2 aromatic heterocycles. The number of hydrogen-bond donors (Lipinski definition) is 3. The standard InChI is InChI=1S/C30H33N5O/c36-35-27-9-3-7-23-17-22(14-15-24(23)28(27)34-30(35)25-8-4-16-31-25)19-10-12-20(13-11-19)26-18-32-29(33-26)21-5-1-2-6-21/h10-15,17-18,21,25,31,36H,1-9,16H2,(H,32,33)/t25-/m0/s1. The largest absolute Gasteiger partial charge is 0.427 e. The van der Waals surface area contributed by atoms with Gasteiger partial charge in [0.1, 0.15) is 5.82 Å². The van der Waals surface area contributed by atoms with Crippen LogP contribution in [0, 0.1) is 0 Å². The number of hydrogen-bond acceptors (Lipinski definition) is 4. The minimum absolute atomic E-state index is 0.146. The van der Waals surface area contributed by atoms with E-state index in [-0.39, 0.29) is 6.04 Å². The van der Waals surface area contributed by atoms with E-state index in [1.807, 2.05) is 6.20 Å². The van der Waals surface area contributed by atoms with Crippen molar-refractivity contribution in [2.45, 2.75) is 69.7 Å². The Morgan fingerprint density at radius 3 is 2.47 bits per heavy atom. The molecule has 36 heavy (non-hydrogen) atoms. The quantitative estimate of drug-likeness (QED) is 0.295. The van der Waals surface area contributed by atoms with Crippen molar-refractivity contribution in [1.29, 1.82) is 0 Å². The smallest absolute Gasteiger partial charge is 0.162 e. The second-order valence-corrected chi connectivity index (χ2v) is 10.7. The van der Waals surface area contributed by atoms with Gasteiger partial charge in [-0.3, -0.25) is 0 Å². The summed E-state index contributed by atoms with van der Waals surface area (Å²) in [5, 5.41) is 14.4. The number of H-pyrrole nitrogens is 1. The van der Waals surface area contributed by atoms with E-state index in [0.717, 1.165) is 72.9 Å². The molecular formula is C30H33N5O. The summed E-state index contributed by atoms with van der Waals surface area (Å²) in [6.07, 6.45) is 12.1. The molecule has 3 N–H and O–H groups in total. The summed E-state index contributed by atoms with van der Waals surface area (Å²) in [6.45, 7) is 0.989. The molecule has 4 aromatic rings. The van der Waals surface area contributed by atoms with E-state index in [0.29, 0.717) is 5.92 Å². The number of benzene rings is 2. The van der Waals surface area contributed by atoms with Gasteiger partial charge in [0.05, 0.1) is 29.3 Å². The summed E-state index contributed by atoms with van der Waals surface area (Å²) in [6, 6.07) is 15.7. The van der Waals surface area contributed by atoms with Gasteiger partial charge in [-0.1, -0.05) is 55.3 Å². The van der Waals surface area contributed by atoms with Crippen LogP contribution in [-0.2, 0) is 12.8 Å². The predicted octanol–water partition coefficient (Wildman–Crippen LogP) is 6.42. The average molecular weight is 480 g/mol. The summed E-state index contributed by atoms with van der Waals surface area (Å²) in [4.78, 5) is 13.2. The lowest BCUT2D eigenvalue weighted by molar-refractivity contribution is 0.160. The first-order valence-corrected chi connectivity index (χ1v) is 13.6. The Bertz CT molecular complexity index is 1390. The number of aryl methyl sites for hydroxylation is 1. The minimum atomic E-state index is 0.146. The molecule has 0 bridgehead atoms. The molecular weight excluding hydrogens is 446 g/mol.